The van der Waals surface area contributed by atoms with E-state index in [9.17, 15) is 4.79 Å². The lowest BCUT2D eigenvalue weighted by atomic mass is 9.79. The van der Waals surface area contributed by atoms with Gasteiger partial charge in [-0.05, 0) is 18.4 Å². The maximum Gasteiger partial charge on any atom is 0.230 e. The summed E-state index contributed by atoms with van der Waals surface area (Å²) in [6, 6.07) is 10.2. The quantitative estimate of drug-likeness (QED) is 0.866. The van der Waals surface area contributed by atoms with E-state index in [4.69, 9.17) is 10.5 Å². The average Bonchev–Trinajstić information content (AvgIpc) is 3.09. The van der Waals surface area contributed by atoms with Crippen LogP contribution in [0.25, 0.3) is 0 Å². The largest absolute Gasteiger partial charge is 0.381 e. The number of carbonyl (C=O) groups excluding carboxylic acids is 1. The van der Waals surface area contributed by atoms with Gasteiger partial charge in [0.1, 0.15) is 5.82 Å². The fourth-order valence-corrected chi connectivity index (χ4v) is 3.37. The lowest BCUT2D eigenvalue weighted by molar-refractivity contribution is -0.146. The molecule has 2 heterocycles. The topological polar surface area (TPSA) is 73.4 Å². The number of nitrogens with zero attached hydrogens (tertiary/aromatic N) is 3. The lowest BCUT2D eigenvalue weighted by Crippen LogP contribution is -2.49. The maximum absolute atomic E-state index is 13.0. The van der Waals surface area contributed by atoms with E-state index >= 15 is 0 Å². The molecule has 1 aromatic carbocycles. The molecule has 0 saturated carbocycles. The smallest absolute Gasteiger partial charge is 0.230 e. The summed E-state index contributed by atoms with van der Waals surface area (Å²) in [5, 5.41) is 0. The molecule has 0 bridgehead atoms. The van der Waals surface area contributed by atoms with Gasteiger partial charge in [-0.15, -0.1) is 0 Å². The summed E-state index contributed by atoms with van der Waals surface area (Å²) >= 11 is 0. The first-order valence-electron chi connectivity index (χ1n) is 8.72. The van der Waals surface area contributed by atoms with Gasteiger partial charge in [0.2, 0.25) is 5.91 Å². The monoisotopic (exact) mass is 342 g/mol. The van der Waals surface area contributed by atoms with E-state index in [1.807, 2.05) is 31.4 Å². The van der Waals surface area contributed by atoms with Crippen LogP contribution >= 0.6 is 0 Å². The molecule has 1 aliphatic heterocycles. The second-order valence-corrected chi connectivity index (χ2v) is 6.72. The minimum Gasteiger partial charge on any atom is -0.381 e. The molecular weight excluding hydrogens is 316 g/mol. The van der Waals surface area contributed by atoms with E-state index in [2.05, 4.69) is 21.7 Å². The van der Waals surface area contributed by atoms with Gasteiger partial charge in [0.15, 0.2) is 0 Å². The third-order valence-electron chi connectivity index (χ3n) is 5.02. The van der Waals surface area contributed by atoms with Crippen LogP contribution in [0.1, 0.15) is 24.2 Å². The van der Waals surface area contributed by atoms with Crippen LogP contribution in [0.2, 0.25) is 0 Å². The van der Waals surface area contributed by atoms with E-state index < -0.39 is 5.41 Å². The van der Waals surface area contributed by atoms with Crippen molar-refractivity contribution >= 4 is 5.91 Å². The van der Waals surface area contributed by atoms with Crippen molar-refractivity contribution in [3.63, 3.8) is 0 Å². The molecule has 2 N–H and O–H groups in total. The summed E-state index contributed by atoms with van der Waals surface area (Å²) < 4.78 is 7.49. The van der Waals surface area contributed by atoms with Gasteiger partial charge in [0, 0.05) is 45.7 Å². The van der Waals surface area contributed by atoms with Gasteiger partial charge in [-0.1, -0.05) is 30.3 Å². The van der Waals surface area contributed by atoms with E-state index in [1.165, 1.54) is 5.56 Å². The van der Waals surface area contributed by atoms with E-state index in [0.29, 0.717) is 39.1 Å². The molecule has 0 radical (unpaired) electrons. The fourth-order valence-electron chi connectivity index (χ4n) is 3.37. The van der Waals surface area contributed by atoms with Crippen LogP contribution in [-0.2, 0) is 22.6 Å². The van der Waals surface area contributed by atoms with Gasteiger partial charge in [-0.25, -0.2) is 4.98 Å². The first-order chi connectivity index (χ1) is 12.1. The molecule has 6 heteroatoms. The van der Waals surface area contributed by atoms with Gasteiger partial charge < -0.3 is 19.9 Å². The highest BCUT2D eigenvalue weighted by Crippen LogP contribution is 2.31. The molecule has 0 aliphatic carbocycles. The van der Waals surface area contributed by atoms with Gasteiger partial charge >= 0.3 is 0 Å². The Morgan fingerprint density at radius 2 is 2.04 bits per heavy atom. The summed E-state index contributed by atoms with van der Waals surface area (Å²) in [4.78, 5) is 19.2. The highest BCUT2D eigenvalue weighted by atomic mass is 16.5. The standard InChI is InChI=1S/C19H26N4O2/c1-22(18(24)19(15-20)7-11-25-12-8-19)14-17-21-9-10-23(17)13-16-5-3-2-4-6-16/h2-6,9-10H,7-8,11-15,20H2,1H3. The van der Waals surface area contributed by atoms with Crippen LogP contribution < -0.4 is 5.73 Å². The van der Waals surface area contributed by atoms with E-state index in [-0.39, 0.29) is 5.91 Å². The molecular formula is C19H26N4O2. The summed E-state index contributed by atoms with van der Waals surface area (Å²) in [5.41, 5.74) is 6.67. The van der Waals surface area contributed by atoms with Crippen LogP contribution in [0.3, 0.4) is 0 Å². The highest BCUT2D eigenvalue weighted by Gasteiger charge is 2.40. The van der Waals surface area contributed by atoms with Gasteiger partial charge in [-0.2, -0.15) is 0 Å². The fraction of sp³-hybridized carbons (Fsp3) is 0.474. The average molecular weight is 342 g/mol. The number of aromatic nitrogens is 2. The summed E-state index contributed by atoms with van der Waals surface area (Å²) in [7, 11) is 1.83. The number of rotatable bonds is 6. The van der Waals surface area contributed by atoms with Crippen molar-refractivity contribution < 1.29 is 9.53 Å². The molecule has 6 nitrogen and oxygen atoms in total. The molecule has 1 saturated heterocycles. The third kappa shape index (κ3) is 3.91. The molecule has 1 aliphatic rings. The number of benzene rings is 1. The van der Waals surface area contributed by atoms with Gasteiger partial charge in [0.25, 0.3) is 0 Å². The lowest BCUT2D eigenvalue weighted by Gasteiger charge is -2.37. The number of imidazole rings is 1. The SMILES string of the molecule is CN(Cc1nccn1Cc1ccccc1)C(=O)C1(CN)CCOCC1. The van der Waals surface area contributed by atoms with Crippen molar-refractivity contribution in [1.82, 2.24) is 14.5 Å². The highest BCUT2D eigenvalue weighted by molar-refractivity contribution is 5.82. The van der Waals surface area contributed by atoms with Crippen molar-refractivity contribution in [2.24, 2.45) is 11.1 Å². The molecule has 25 heavy (non-hydrogen) atoms. The van der Waals surface area contributed by atoms with E-state index in [0.717, 1.165) is 12.4 Å². The Balaban J connectivity index is 1.70. The van der Waals surface area contributed by atoms with Crippen molar-refractivity contribution in [3.8, 4) is 0 Å². The molecule has 1 amide bonds. The first kappa shape index (κ1) is 17.6. The van der Waals surface area contributed by atoms with Gasteiger partial charge in [0.05, 0.1) is 12.0 Å². The van der Waals surface area contributed by atoms with Crippen molar-refractivity contribution in [2.45, 2.75) is 25.9 Å². The zero-order valence-corrected chi connectivity index (χ0v) is 14.7. The zero-order valence-electron chi connectivity index (χ0n) is 14.7. The normalized spacial score (nSPS) is 16.6. The number of amides is 1. The predicted octanol–water partition coefficient (Wildman–Crippen LogP) is 1.65. The minimum absolute atomic E-state index is 0.0903. The van der Waals surface area contributed by atoms with Crippen LogP contribution in [0.5, 0.6) is 0 Å². The summed E-state index contributed by atoms with van der Waals surface area (Å²) in [5.74, 6) is 0.964. The number of nitrogens with two attached hydrogens (primary N) is 1. The maximum atomic E-state index is 13.0. The Bertz CT molecular complexity index is 692. The first-order valence-corrected chi connectivity index (χ1v) is 8.72. The number of hydrogen-bond acceptors (Lipinski definition) is 4. The summed E-state index contributed by atoms with van der Waals surface area (Å²) in [6.45, 7) is 2.77. The second-order valence-electron chi connectivity index (χ2n) is 6.72. The van der Waals surface area contributed by atoms with Crippen molar-refractivity contribution in [1.29, 1.82) is 0 Å². The Morgan fingerprint density at radius 1 is 1.32 bits per heavy atom. The molecule has 2 aromatic rings. The molecule has 0 atom stereocenters. The Morgan fingerprint density at radius 3 is 2.72 bits per heavy atom. The molecule has 1 aromatic heterocycles. The molecule has 0 unspecified atom stereocenters. The Hall–Kier alpha value is -2.18. The Kier molecular flexibility index (Phi) is 5.50. The number of hydrogen-bond donors (Lipinski definition) is 1. The van der Waals surface area contributed by atoms with Gasteiger partial charge in [-0.3, -0.25) is 4.79 Å². The van der Waals surface area contributed by atoms with Crippen LogP contribution in [-0.4, -0.2) is 47.2 Å². The van der Waals surface area contributed by atoms with Crippen LogP contribution in [0.15, 0.2) is 42.7 Å². The van der Waals surface area contributed by atoms with E-state index in [1.54, 1.807) is 11.1 Å². The Labute approximate surface area is 148 Å². The molecule has 134 valence electrons. The third-order valence-corrected chi connectivity index (χ3v) is 5.02. The predicted molar refractivity (Wildman–Crippen MR) is 95.8 cm³/mol. The summed E-state index contributed by atoms with van der Waals surface area (Å²) in [6.07, 6.45) is 5.10. The second kappa shape index (κ2) is 7.80. The zero-order chi connectivity index (χ0) is 17.7. The number of carbonyl (C=O) groups is 1. The number of ether oxygens (including phenoxy) is 1. The van der Waals surface area contributed by atoms with Crippen LogP contribution in [0, 0.1) is 5.41 Å². The molecule has 0 spiro atoms. The van der Waals surface area contributed by atoms with Crippen molar-refractivity contribution in [3.05, 3.63) is 54.1 Å². The van der Waals surface area contributed by atoms with Crippen molar-refractivity contribution in [2.75, 3.05) is 26.8 Å². The molecule has 3 rings (SSSR count). The van der Waals surface area contributed by atoms with Crippen LogP contribution in [0.4, 0.5) is 0 Å². The molecule has 1 fully saturated rings. The minimum atomic E-state index is -0.496.